The van der Waals surface area contributed by atoms with Crippen LogP contribution >= 0.6 is 11.6 Å². The van der Waals surface area contributed by atoms with Crippen molar-refractivity contribution in [1.82, 2.24) is 35.1 Å². The number of benzene rings is 1. The van der Waals surface area contributed by atoms with E-state index in [0.29, 0.717) is 78.4 Å². The normalized spacial score (nSPS) is 16.1. The van der Waals surface area contributed by atoms with Crippen molar-refractivity contribution in [2.45, 2.75) is 51.7 Å². The molecule has 2 aliphatic heterocycles. The van der Waals surface area contributed by atoms with Crippen LogP contribution in [0.25, 0.3) is 22.5 Å². The molecule has 1 atom stereocenters. The average molecular weight is 675 g/mol. The fraction of sp³-hybridized carbons (Fsp3) is 0.400. The van der Waals surface area contributed by atoms with Crippen molar-refractivity contribution < 1.29 is 18.7 Å². The van der Waals surface area contributed by atoms with Crippen LogP contribution in [0.15, 0.2) is 42.6 Å². The Hall–Kier alpha value is -4.39. The zero-order valence-electron chi connectivity index (χ0n) is 27.4. The number of methoxy groups -OCH3 is 1. The number of rotatable bonds is 12. The summed E-state index contributed by atoms with van der Waals surface area (Å²) in [6.45, 7) is 4.87. The van der Waals surface area contributed by atoms with Gasteiger partial charge in [-0.15, -0.1) is 0 Å². The average Bonchev–Trinajstić information content (AvgIpc) is 3.66. The number of halogens is 2. The molecule has 13 heteroatoms. The molecule has 0 aliphatic carbocycles. The summed E-state index contributed by atoms with van der Waals surface area (Å²) in [7, 11) is 3.44. The zero-order chi connectivity index (χ0) is 33.8. The molecule has 1 aromatic carbocycles. The van der Waals surface area contributed by atoms with E-state index < -0.39 is 0 Å². The summed E-state index contributed by atoms with van der Waals surface area (Å²) in [4.78, 5) is 41.2. The maximum atomic E-state index is 13.5. The predicted molar refractivity (Wildman–Crippen MR) is 183 cm³/mol. The number of carbonyl (C=O) groups excluding carboxylic acids is 2. The zero-order valence-corrected chi connectivity index (χ0v) is 28.2. The Labute approximate surface area is 284 Å². The van der Waals surface area contributed by atoms with Crippen LogP contribution in [0.3, 0.4) is 0 Å². The quantitative estimate of drug-likeness (QED) is 0.195. The van der Waals surface area contributed by atoms with Gasteiger partial charge >= 0.3 is 0 Å². The molecule has 5 heterocycles. The number of ether oxygens (including phenoxy) is 1. The molecule has 0 radical (unpaired) electrons. The molecule has 2 amide bonds. The first-order chi connectivity index (χ1) is 23.3. The molecule has 2 aliphatic rings. The summed E-state index contributed by atoms with van der Waals surface area (Å²) in [5.74, 6) is 0.594. The highest BCUT2D eigenvalue weighted by molar-refractivity contribution is 6.35. The van der Waals surface area contributed by atoms with Gasteiger partial charge < -0.3 is 25.3 Å². The Balaban J connectivity index is 1.19. The number of hydrogen-bond donors (Lipinski definition) is 3. The lowest BCUT2D eigenvalue weighted by molar-refractivity contribution is -0.119. The molecule has 0 saturated carbocycles. The van der Waals surface area contributed by atoms with Gasteiger partial charge in [0.25, 0.3) is 5.91 Å². The molecular weight excluding hydrogens is 635 g/mol. The van der Waals surface area contributed by atoms with Crippen molar-refractivity contribution in [1.29, 1.82) is 0 Å². The summed E-state index contributed by atoms with van der Waals surface area (Å²) < 4.78 is 20.2. The van der Waals surface area contributed by atoms with E-state index in [2.05, 4.69) is 30.8 Å². The van der Waals surface area contributed by atoms with Crippen LogP contribution in [0, 0.1) is 6.92 Å². The van der Waals surface area contributed by atoms with Gasteiger partial charge in [0, 0.05) is 92.9 Å². The number of pyridine rings is 2. The number of imidazole rings is 1. The minimum atomic E-state index is -0.343. The third-order valence-corrected chi connectivity index (χ3v) is 9.45. The van der Waals surface area contributed by atoms with Crippen molar-refractivity contribution in [3.05, 3.63) is 76.0 Å². The first kappa shape index (κ1) is 33.5. The molecule has 1 fully saturated rings. The number of fused-ring (bicyclic) bond motifs is 1. The van der Waals surface area contributed by atoms with E-state index in [0.717, 1.165) is 47.5 Å². The molecule has 1 saturated heterocycles. The molecule has 0 bridgehead atoms. The summed E-state index contributed by atoms with van der Waals surface area (Å²) in [5, 5.41) is 9.81. The highest BCUT2D eigenvalue weighted by Gasteiger charge is 2.26. The Morgan fingerprint density at radius 2 is 2.02 bits per heavy atom. The molecule has 252 valence electrons. The van der Waals surface area contributed by atoms with Crippen LogP contribution in [0.2, 0.25) is 5.02 Å². The van der Waals surface area contributed by atoms with Crippen LogP contribution in [0.5, 0.6) is 5.88 Å². The number of carbonyl (C=O) groups is 2. The Morgan fingerprint density at radius 3 is 2.79 bits per heavy atom. The van der Waals surface area contributed by atoms with Gasteiger partial charge in [0.15, 0.2) is 5.82 Å². The fourth-order valence-corrected chi connectivity index (χ4v) is 6.75. The second-order valence-electron chi connectivity index (χ2n) is 12.2. The van der Waals surface area contributed by atoms with Crippen molar-refractivity contribution in [2.75, 3.05) is 38.7 Å². The molecule has 11 nitrogen and oxygen atoms in total. The molecule has 0 spiro atoms. The maximum Gasteiger partial charge on any atom is 0.291 e. The standard InChI is InChI=1S/C35H40ClFN8O3/c1-21-24(6-4-7-26(21)42-34(47)33-41-28-20-45(16-5-14-37)17-13-29(28)44(33)2)32-31(36)25(12-15-39-32)27-10-8-22(35(43-27)48-3)18-38-19-23-9-11-30(46)40-23/h4,6-8,10,12,15,23,38H,5,9,11,13-14,16-20H2,1-3H3,(H,40,46)(H,42,47). The summed E-state index contributed by atoms with van der Waals surface area (Å²) in [6, 6.07) is 11.4. The number of amides is 2. The minimum Gasteiger partial charge on any atom is -0.481 e. The predicted octanol–water partition coefficient (Wildman–Crippen LogP) is 4.85. The molecule has 4 aromatic rings. The Bertz CT molecular complexity index is 1830. The molecule has 1 unspecified atom stereocenters. The molecule has 6 rings (SSSR count). The topological polar surface area (TPSA) is 126 Å². The van der Waals surface area contributed by atoms with Crippen LogP contribution in [0.1, 0.15) is 52.4 Å². The Kier molecular flexibility index (Phi) is 10.3. The second-order valence-corrected chi connectivity index (χ2v) is 12.6. The van der Waals surface area contributed by atoms with Crippen LogP contribution in [-0.4, -0.2) is 75.7 Å². The third-order valence-electron chi connectivity index (χ3n) is 9.07. The van der Waals surface area contributed by atoms with Crippen molar-refractivity contribution in [2.24, 2.45) is 7.05 Å². The molecule has 3 N–H and O–H groups in total. The number of hydrogen-bond acceptors (Lipinski definition) is 8. The Morgan fingerprint density at radius 1 is 1.17 bits per heavy atom. The lowest BCUT2D eigenvalue weighted by Gasteiger charge is -2.26. The van der Waals surface area contributed by atoms with E-state index in [9.17, 15) is 14.0 Å². The van der Waals surface area contributed by atoms with Gasteiger partial charge in [0.05, 0.1) is 35.9 Å². The maximum absolute atomic E-state index is 13.5. The van der Waals surface area contributed by atoms with E-state index >= 15 is 0 Å². The van der Waals surface area contributed by atoms with E-state index in [4.69, 9.17) is 21.3 Å². The second kappa shape index (κ2) is 14.8. The monoisotopic (exact) mass is 674 g/mol. The van der Waals surface area contributed by atoms with Gasteiger partial charge in [-0.1, -0.05) is 29.8 Å². The highest BCUT2D eigenvalue weighted by Crippen LogP contribution is 2.38. The first-order valence-electron chi connectivity index (χ1n) is 16.2. The third kappa shape index (κ3) is 7.06. The lowest BCUT2D eigenvalue weighted by atomic mass is 10.0. The largest absolute Gasteiger partial charge is 0.481 e. The van der Waals surface area contributed by atoms with Crippen LogP contribution in [0.4, 0.5) is 10.1 Å². The lowest BCUT2D eigenvalue weighted by Crippen LogP contribution is -2.35. The highest BCUT2D eigenvalue weighted by atomic mass is 35.5. The number of alkyl halides is 1. The van der Waals surface area contributed by atoms with Crippen molar-refractivity contribution in [3.8, 4) is 28.4 Å². The SMILES string of the molecule is COc1nc(-c2ccnc(-c3cccc(NC(=O)c4nc5c(n4C)CCN(CCCF)C5)c3C)c2Cl)ccc1CNCC1CCC(=O)N1. The number of aromatic nitrogens is 4. The van der Waals surface area contributed by atoms with E-state index in [1.165, 1.54) is 0 Å². The molecule has 3 aromatic heterocycles. The van der Waals surface area contributed by atoms with Gasteiger partial charge in [-0.2, -0.15) is 0 Å². The van der Waals surface area contributed by atoms with E-state index in [1.54, 1.807) is 13.3 Å². The number of anilines is 1. The first-order valence-corrected chi connectivity index (χ1v) is 16.6. The van der Waals surface area contributed by atoms with Gasteiger partial charge in [0.1, 0.15) is 0 Å². The number of nitrogens with one attached hydrogen (secondary N) is 3. The van der Waals surface area contributed by atoms with Crippen molar-refractivity contribution in [3.63, 3.8) is 0 Å². The van der Waals surface area contributed by atoms with Crippen LogP contribution in [-0.2, 0) is 31.4 Å². The van der Waals surface area contributed by atoms with Crippen molar-refractivity contribution >= 4 is 29.1 Å². The summed E-state index contributed by atoms with van der Waals surface area (Å²) >= 11 is 7.01. The fourth-order valence-electron chi connectivity index (χ4n) is 6.44. The van der Waals surface area contributed by atoms with Gasteiger partial charge in [-0.3, -0.25) is 23.9 Å². The van der Waals surface area contributed by atoms with E-state index in [-0.39, 0.29) is 24.5 Å². The molecule has 48 heavy (non-hydrogen) atoms. The van der Waals surface area contributed by atoms with Gasteiger partial charge in [-0.05, 0) is 43.5 Å². The number of nitrogens with zero attached hydrogens (tertiary/aromatic N) is 5. The minimum absolute atomic E-state index is 0.0913. The summed E-state index contributed by atoms with van der Waals surface area (Å²) in [6.07, 6.45) is 4.33. The van der Waals surface area contributed by atoms with Gasteiger partial charge in [-0.25, -0.2) is 9.97 Å². The smallest absolute Gasteiger partial charge is 0.291 e. The van der Waals surface area contributed by atoms with E-state index in [1.807, 2.05) is 54.9 Å². The molecular formula is C35H40ClFN8O3. The van der Waals surface area contributed by atoms with Crippen LogP contribution < -0.4 is 20.7 Å². The van der Waals surface area contributed by atoms with Gasteiger partial charge in [0.2, 0.25) is 11.8 Å². The summed E-state index contributed by atoms with van der Waals surface area (Å²) in [5.41, 5.74) is 6.88.